The topological polar surface area (TPSA) is 108 Å². The number of hydrogen-bond acceptors (Lipinski definition) is 7. The third kappa shape index (κ3) is 6.46. The fraction of sp³-hybridized carbons (Fsp3) is 0.281. The van der Waals surface area contributed by atoms with Crippen LogP contribution in [0.1, 0.15) is 57.8 Å². The summed E-state index contributed by atoms with van der Waals surface area (Å²) in [5, 5.41) is 6.39. The molecule has 0 fully saturated rings. The van der Waals surface area contributed by atoms with Gasteiger partial charge in [0.25, 0.3) is 11.8 Å². The number of fused-ring (bicyclic) bond motifs is 2. The second kappa shape index (κ2) is 13.0. The minimum absolute atomic E-state index is 0.0462. The highest BCUT2D eigenvalue weighted by atomic mass is 32.2. The van der Waals surface area contributed by atoms with Crippen molar-refractivity contribution in [2.75, 3.05) is 25.0 Å². The number of aryl methyl sites for hydroxylation is 1. The molecule has 0 atom stereocenters. The van der Waals surface area contributed by atoms with E-state index in [9.17, 15) is 18.0 Å². The van der Waals surface area contributed by atoms with Gasteiger partial charge in [-0.2, -0.15) is 0 Å². The van der Waals surface area contributed by atoms with Crippen LogP contribution in [-0.4, -0.2) is 49.8 Å². The third-order valence-corrected chi connectivity index (χ3v) is 10.4. The van der Waals surface area contributed by atoms with E-state index in [-0.39, 0.29) is 39.1 Å². The first kappa shape index (κ1) is 29.6. The standard InChI is InChI=1S/C32H34N4O4S2/c1-3-36(4-2)18-8-7-9-22-12-14-23(15-13-22)32-34-21-25(41-32)20-33-30(37)24-16-17-29-27(19-24)35-31(38)26-10-5-6-11-28(26)42(29,39)40/h5-6,10-17,19,21H,3-4,7-9,18,20H2,1-2H3,(H,33,37)(H,35,38). The summed E-state index contributed by atoms with van der Waals surface area (Å²) in [7, 11) is -3.93. The molecule has 0 unspecified atom stereocenters. The van der Waals surface area contributed by atoms with Gasteiger partial charge in [0, 0.05) is 22.2 Å². The summed E-state index contributed by atoms with van der Waals surface area (Å²) in [6.45, 7) is 8.01. The van der Waals surface area contributed by atoms with Crippen LogP contribution in [0.3, 0.4) is 0 Å². The largest absolute Gasteiger partial charge is 0.347 e. The molecule has 4 aromatic rings. The molecule has 2 amide bonds. The number of aromatic nitrogens is 1. The van der Waals surface area contributed by atoms with Crippen LogP contribution in [0.2, 0.25) is 0 Å². The molecule has 42 heavy (non-hydrogen) atoms. The van der Waals surface area contributed by atoms with Crippen LogP contribution in [-0.2, 0) is 22.8 Å². The van der Waals surface area contributed by atoms with Gasteiger partial charge < -0.3 is 15.5 Å². The van der Waals surface area contributed by atoms with E-state index in [2.05, 4.69) is 58.6 Å². The van der Waals surface area contributed by atoms with Crippen LogP contribution in [0, 0.1) is 0 Å². The molecule has 0 spiro atoms. The Bertz CT molecular complexity index is 1690. The number of amides is 2. The Balaban J connectivity index is 1.19. The van der Waals surface area contributed by atoms with Gasteiger partial charge in [-0.25, -0.2) is 13.4 Å². The molecule has 1 aliphatic rings. The molecule has 0 saturated heterocycles. The number of sulfone groups is 1. The molecule has 0 aliphatic carbocycles. The minimum atomic E-state index is -3.93. The first-order valence-corrected chi connectivity index (χ1v) is 16.4. The van der Waals surface area contributed by atoms with Crippen molar-refractivity contribution in [3.8, 4) is 10.6 Å². The Hall–Kier alpha value is -3.86. The highest BCUT2D eigenvalue weighted by Crippen LogP contribution is 2.34. The van der Waals surface area contributed by atoms with Gasteiger partial charge in [-0.1, -0.05) is 50.2 Å². The number of thiazole rings is 1. The maximum Gasteiger partial charge on any atom is 0.257 e. The molecule has 5 rings (SSSR count). The second-order valence-corrected chi connectivity index (χ2v) is 13.2. The number of hydrogen-bond donors (Lipinski definition) is 2. The summed E-state index contributed by atoms with van der Waals surface area (Å²) < 4.78 is 26.4. The highest BCUT2D eigenvalue weighted by Gasteiger charge is 2.31. The number of carbonyl (C=O) groups is 2. The molecule has 2 N–H and O–H groups in total. The molecule has 0 bridgehead atoms. The van der Waals surface area contributed by atoms with Gasteiger partial charge in [-0.05, 0) is 74.8 Å². The molecular formula is C32H34N4O4S2. The first-order chi connectivity index (χ1) is 20.3. The van der Waals surface area contributed by atoms with E-state index in [0.717, 1.165) is 47.9 Å². The number of unbranched alkanes of at least 4 members (excludes halogenated alkanes) is 1. The molecule has 2 heterocycles. The van der Waals surface area contributed by atoms with Crippen molar-refractivity contribution < 1.29 is 18.0 Å². The Morgan fingerprint density at radius 1 is 0.976 bits per heavy atom. The summed E-state index contributed by atoms with van der Waals surface area (Å²) in [5.74, 6) is -0.919. The van der Waals surface area contributed by atoms with E-state index in [0.29, 0.717) is 0 Å². The summed E-state index contributed by atoms with van der Waals surface area (Å²) in [6.07, 6.45) is 5.17. The van der Waals surface area contributed by atoms with Gasteiger partial charge in [0.1, 0.15) is 5.01 Å². The van der Waals surface area contributed by atoms with Gasteiger partial charge in [-0.3, -0.25) is 9.59 Å². The van der Waals surface area contributed by atoms with E-state index < -0.39 is 15.7 Å². The predicted molar refractivity (Wildman–Crippen MR) is 166 cm³/mol. The van der Waals surface area contributed by atoms with Crippen molar-refractivity contribution >= 4 is 38.7 Å². The van der Waals surface area contributed by atoms with Crippen molar-refractivity contribution in [2.24, 2.45) is 0 Å². The SMILES string of the molecule is CCN(CC)CCCCc1ccc(-c2ncc(CNC(=O)c3ccc4c(c3)NC(=O)c3ccccc3S4(=O)=O)s2)cc1. The Labute approximate surface area is 250 Å². The van der Waals surface area contributed by atoms with Gasteiger partial charge >= 0.3 is 0 Å². The Kier molecular flexibility index (Phi) is 9.15. The van der Waals surface area contributed by atoms with Crippen molar-refractivity contribution in [3.05, 3.63) is 94.5 Å². The molecular weight excluding hydrogens is 569 g/mol. The lowest BCUT2D eigenvalue weighted by Crippen LogP contribution is -2.23. The van der Waals surface area contributed by atoms with Crippen molar-refractivity contribution in [3.63, 3.8) is 0 Å². The lowest BCUT2D eigenvalue weighted by atomic mass is 10.1. The van der Waals surface area contributed by atoms with Gasteiger partial charge in [0.05, 0.1) is 27.6 Å². The summed E-state index contributed by atoms with van der Waals surface area (Å²) >= 11 is 1.51. The van der Waals surface area contributed by atoms with Crippen LogP contribution in [0.25, 0.3) is 10.6 Å². The molecule has 3 aromatic carbocycles. The van der Waals surface area contributed by atoms with E-state index in [1.807, 2.05) is 0 Å². The number of benzene rings is 3. The lowest BCUT2D eigenvalue weighted by molar-refractivity contribution is 0.0949. The highest BCUT2D eigenvalue weighted by molar-refractivity contribution is 7.91. The molecule has 1 aromatic heterocycles. The predicted octanol–water partition coefficient (Wildman–Crippen LogP) is 5.80. The number of nitrogens with one attached hydrogen (secondary N) is 2. The fourth-order valence-corrected chi connectivity index (χ4v) is 7.46. The van der Waals surface area contributed by atoms with Gasteiger partial charge in [0.2, 0.25) is 9.84 Å². The number of carbonyl (C=O) groups excluding carboxylic acids is 2. The zero-order chi connectivity index (χ0) is 29.7. The minimum Gasteiger partial charge on any atom is -0.347 e. The number of anilines is 1. The average molecular weight is 603 g/mol. The van der Waals surface area contributed by atoms with E-state index in [1.54, 1.807) is 18.3 Å². The van der Waals surface area contributed by atoms with Gasteiger partial charge in [-0.15, -0.1) is 11.3 Å². The number of rotatable bonds is 11. The van der Waals surface area contributed by atoms with E-state index >= 15 is 0 Å². The summed E-state index contributed by atoms with van der Waals surface area (Å²) in [4.78, 5) is 33.4. The first-order valence-electron chi connectivity index (χ1n) is 14.1. The van der Waals surface area contributed by atoms with Crippen LogP contribution in [0.5, 0.6) is 0 Å². The second-order valence-electron chi connectivity index (χ2n) is 10.2. The maximum atomic E-state index is 13.2. The van der Waals surface area contributed by atoms with Crippen LogP contribution < -0.4 is 10.6 Å². The number of nitrogens with zero attached hydrogens (tertiary/aromatic N) is 2. The maximum absolute atomic E-state index is 13.2. The average Bonchev–Trinajstić information content (AvgIpc) is 3.46. The fourth-order valence-electron chi connectivity index (χ4n) is 5.01. The molecule has 0 radical (unpaired) electrons. The zero-order valence-electron chi connectivity index (χ0n) is 23.7. The van der Waals surface area contributed by atoms with E-state index in [4.69, 9.17) is 0 Å². The molecule has 1 aliphatic heterocycles. The molecule has 10 heteroatoms. The quantitative estimate of drug-likeness (QED) is 0.210. The normalized spacial score (nSPS) is 13.6. The summed E-state index contributed by atoms with van der Waals surface area (Å²) in [5.41, 5.74) is 2.74. The Morgan fingerprint density at radius 2 is 1.74 bits per heavy atom. The summed E-state index contributed by atoms with van der Waals surface area (Å²) in [6, 6.07) is 18.8. The van der Waals surface area contributed by atoms with Gasteiger partial charge in [0.15, 0.2) is 0 Å². The van der Waals surface area contributed by atoms with Crippen molar-refractivity contribution in [2.45, 2.75) is 49.4 Å². The zero-order valence-corrected chi connectivity index (χ0v) is 25.4. The van der Waals surface area contributed by atoms with E-state index in [1.165, 1.54) is 53.7 Å². The van der Waals surface area contributed by atoms with Crippen LogP contribution >= 0.6 is 11.3 Å². The lowest BCUT2D eigenvalue weighted by Gasteiger charge is -2.17. The Morgan fingerprint density at radius 3 is 2.50 bits per heavy atom. The monoisotopic (exact) mass is 602 g/mol. The van der Waals surface area contributed by atoms with Crippen LogP contribution in [0.4, 0.5) is 5.69 Å². The van der Waals surface area contributed by atoms with Crippen LogP contribution in [0.15, 0.2) is 82.7 Å². The molecule has 218 valence electrons. The smallest absolute Gasteiger partial charge is 0.257 e. The molecule has 8 nitrogen and oxygen atoms in total. The van der Waals surface area contributed by atoms with Crippen molar-refractivity contribution in [1.29, 1.82) is 0 Å². The third-order valence-electron chi connectivity index (χ3n) is 7.46. The van der Waals surface area contributed by atoms with Crippen molar-refractivity contribution in [1.82, 2.24) is 15.2 Å². The molecule has 0 saturated carbocycles.